The largest absolute Gasteiger partial charge is 0.0845 e. The average molecular weight is 289 g/mol. The van der Waals surface area contributed by atoms with E-state index in [1.54, 1.807) is 0 Å². The molecule has 0 heteroatoms. The maximum Gasteiger partial charge on any atom is -0.0348 e. The Bertz CT molecular complexity index is 352. The lowest BCUT2D eigenvalue weighted by atomic mass is 9.69. The van der Waals surface area contributed by atoms with Crippen LogP contribution in [0.4, 0.5) is 0 Å². The zero-order valence-corrected chi connectivity index (χ0v) is 14.8. The molecular weight excluding hydrogens is 252 g/mol. The Balaban J connectivity index is 1.99. The second kappa shape index (κ2) is 10.9. The molecule has 21 heavy (non-hydrogen) atoms. The van der Waals surface area contributed by atoms with Crippen molar-refractivity contribution in [1.82, 2.24) is 0 Å². The highest BCUT2D eigenvalue weighted by Gasteiger charge is 2.28. The minimum Gasteiger partial charge on any atom is -0.0845 e. The Labute approximate surface area is 133 Å². The van der Waals surface area contributed by atoms with E-state index < -0.39 is 0 Å². The van der Waals surface area contributed by atoms with E-state index in [1.807, 2.05) is 0 Å². The number of hydrogen-bond acceptors (Lipinski definition) is 0. The monoisotopic (exact) mass is 288 g/mol. The first-order valence-corrected chi connectivity index (χ1v) is 9.12. The molecule has 0 aromatic rings. The highest BCUT2D eigenvalue weighted by Crippen LogP contribution is 2.40. The third-order valence-electron chi connectivity index (χ3n) is 5.06. The smallest absolute Gasteiger partial charge is 0.0348 e. The fourth-order valence-electron chi connectivity index (χ4n) is 3.16. The lowest BCUT2D eigenvalue weighted by Crippen LogP contribution is -2.25. The van der Waals surface area contributed by atoms with Crippen molar-refractivity contribution in [2.75, 3.05) is 0 Å². The summed E-state index contributed by atoms with van der Waals surface area (Å²) >= 11 is 0. The minimum absolute atomic E-state index is 1.08. The van der Waals surface area contributed by atoms with E-state index in [2.05, 4.69) is 52.0 Å². The van der Waals surface area contributed by atoms with Crippen LogP contribution in [0.2, 0.25) is 0 Å². The van der Waals surface area contributed by atoms with Crippen molar-refractivity contribution in [3.05, 3.63) is 35.5 Å². The fourth-order valence-corrected chi connectivity index (χ4v) is 3.16. The van der Waals surface area contributed by atoms with E-state index in [0.717, 1.165) is 11.8 Å². The molecule has 0 saturated heterocycles. The summed E-state index contributed by atoms with van der Waals surface area (Å²) in [6.07, 6.45) is 21.7. The predicted octanol–water partition coefficient (Wildman–Crippen LogP) is 7.23. The molecule has 1 rings (SSSR count). The molecule has 0 heterocycles. The molecule has 0 radical (unpaired) electrons. The van der Waals surface area contributed by atoms with E-state index in [0.29, 0.717) is 0 Å². The van der Waals surface area contributed by atoms with Crippen molar-refractivity contribution in [2.45, 2.75) is 85.5 Å². The maximum atomic E-state index is 2.33. The van der Waals surface area contributed by atoms with Gasteiger partial charge in [-0.05, 0) is 58.3 Å². The van der Waals surface area contributed by atoms with Gasteiger partial charge in [-0.1, -0.05) is 74.5 Å². The van der Waals surface area contributed by atoms with E-state index in [1.165, 1.54) is 68.9 Å². The summed E-state index contributed by atoms with van der Waals surface area (Å²) in [4.78, 5) is 0. The Hall–Kier alpha value is -0.780. The van der Waals surface area contributed by atoms with Gasteiger partial charge in [0.25, 0.3) is 0 Å². The van der Waals surface area contributed by atoms with E-state index in [4.69, 9.17) is 0 Å². The summed E-state index contributed by atoms with van der Waals surface area (Å²) in [5.74, 6) is 2.16. The molecule has 1 fully saturated rings. The number of allylic oxidation sites excluding steroid dienone is 6. The van der Waals surface area contributed by atoms with Gasteiger partial charge >= 0.3 is 0 Å². The van der Waals surface area contributed by atoms with Gasteiger partial charge in [-0.3, -0.25) is 0 Å². The van der Waals surface area contributed by atoms with Crippen LogP contribution in [0.3, 0.4) is 0 Å². The Morgan fingerprint density at radius 3 is 2.24 bits per heavy atom. The molecule has 0 spiro atoms. The van der Waals surface area contributed by atoms with Gasteiger partial charge < -0.3 is 0 Å². The van der Waals surface area contributed by atoms with Crippen LogP contribution in [0.5, 0.6) is 0 Å². The van der Waals surface area contributed by atoms with E-state index >= 15 is 0 Å². The van der Waals surface area contributed by atoms with Crippen LogP contribution in [0.15, 0.2) is 35.5 Å². The molecule has 120 valence electrons. The first-order chi connectivity index (χ1) is 10.1. The number of unbranched alkanes of at least 4 members (excludes halogenated alkanes) is 3. The average Bonchev–Trinajstić information content (AvgIpc) is 2.45. The van der Waals surface area contributed by atoms with Gasteiger partial charge in [-0.2, -0.15) is 0 Å². The Morgan fingerprint density at radius 2 is 1.62 bits per heavy atom. The van der Waals surface area contributed by atoms with Crippen molar-refractivity contribution in [2.24, 2.45) is 11.8 Å². The first-order valence-electron chi connectivity index (χ1n) is 9.12. The Morgan fingerprint density at radius 1 is 0.905 bits per heavy atom. The van der Waals surface area contributed by atoms with Gasteiger partial charge in [0.15, 0.2) is 0 Å². The van der Waals surface area contributed by atoms with Gasteiger partial charge in [0.2, 0.25) is 0 Å². The minimum atomic E-state index is 1.08. The van der Waals surface area contributed by atoms with Gasteiger partial charge in [0.1, 0.15) is 0 Å². The summed E-state index contributed by atoms with van der Waals surface area (Å²) in [7, 11) is 0. The topological polar surface area (TPSA) is 0 Å². The second-order valence-corrected chi connectivity index (χ2v) is 6.99. The normalized spacial score (nSPS) is 21.9. The van der Waals surface area contributed by atoms with Crippen LogP contribution in [-0.4, -0.2) is 0 Å². The van der Waals surface area contributed by atoms with Crippen molar-refractivity contribution in [3.8, 4) is 0 Å². The lowest BCUT2D eigenvalue weighted by molar-refractivity contribution is 0.148. The van der Waals surface area contributed by atoms with Crippen LogP contribution in [0.25, 0.3) is 0 Å². The predicted molar refractivity (Wildman–Crippen MR) is 96.5 cm³/mol. The molecule has 2 atom stereocenters. The van der Waals surface area contributed by atoms with E-state index in [9.17, 15) is 0 Å². The van der Waals surface area contributed by atoms with Gasteiger partial charge in [-0.15, -0.1) is 0 Å². The van der Waals surface area contributed by atoms with Gasteiger partial charge in [0, 0.05) is 0 Å². The maximum absolute atomic E-state index is 2.33. The van der Waals surface area contributed by atoms with Crippen molar-refractivity contribution < 1.29 is 0 Å². The summed E-state index contributed by atoms with van der Waals surface area (Å²) < 4.78 is 0. The molecule has 0 aromatic carbocycles. The number of hydrogen-bond donors (Lipinski definition) is 0. The van der Waals surface area contributed by atoms with Crippen molar-refractivity contribution >= 4 is 0 Å². The molecule has 0 nitrogen and oxygen atoms in total. The highest BCUT2D eigenvalue weighted by molar-refractivity contribution is 5.23. The molecule has 1 saturated carbocycles. The SMILES string of the molecule is CCCC1CCC1CCCCCC=CC=CC(C)=C(C)C. The molecule has 1 aliphatic rings. The van der Waals surface area contributed by atoms with Crippen LogP contribution in [0.1, 0.15) is 85.5 Å². The third kappa shape index (κ3) is 7.69. The molecular formula is C21H36. The molecule has 0 amide bonds. The lowest BCUT2D eigenvalue weighted by Gasteiger charge is -2.36. The van der Waals surface area contributed by atoms with Crippen molar-refractivity contribution in [3.63, 3.8) is 0 Å². The summed E-state index contributed by atoms with van der Waals surface area (Å²) in [6.45, 7) is 8.83. The summed E-state index contributed by atoms with van der Waals surface area (Å²) in [5.41, 5.74) is 2.78. The van der Waals surface area contributed by atoms with Crippen LogP contribution in [-0.2, 0) is 0 Å². The fraction of sp³-hybridized carbons (Fsp3) is 0.714. The third-order valence-corrected chi connectivity index (χ3v) is 5.06. The summed E-state index contributed by atoms with van der Waals surface area (Å²) in [5, 5.41) is 0. The highest BCUT2D eigenvalue weighted by atomic mass is 14.3. The molecule has 0 aromatic heterocycles. The molecule has 0 bridgehead atoms. The first kappa shape index (κ1) is 18.3. The Kier molecular flexibility index (Phi) is 9.46. The zero-order chi connectivity index (χ0) is 15.5. The zero-order valence-electron chi connectivity index (χ0n) is 14.8. The second-order valence-electron chi connectivity index (χ2n) is 6.99. The van der Waals surface area contributed by atoms with Gasteiger partial charge in [-0.25, -0.2) is 0 Å². The molecule has 0 N–H and O–H groups in total. The van der Waals surface area contributed by atoms with E-state index in [-0.39, 0.29) is 0 Å². The summed E-state index contributed by atoms with van der Waals surface area (Å²) in [6, 6.07) is 0. The number of rotatable bonds is 10. The molecule has 1 aliphatic carbocycles. The molecule has 0 aliphatic heterocycles. The van der Waals surface area contributed by atoms with Crippen LogP contribution >= 0.6 is 0 Å². The van der Waals surface area contributed by atoms with Crippen LogP contribution in [0, 0.1) is 11.8 Å². The van der Waals surface area contributed by atoms with Gasteiger partial charge in [0.05, 0.1) is 0 Å². The quantitative estimate of drug-likeness (QED) is 0.294. The van der Waals surface area contributed by atoms with Crippen LogP contribution < -0.4 is 0 Å². The standard InChI is InChI=1S/C21H36/c1-5-13-20-16-17-21(20)15-12-10-8-6-7-9-11-14-19(4)18(2)3/h7,9,11,14,20-21H,5-6,8,10,12-13,15-17H2,1-4H3. The van der Waals surface area contributed by atoms with Crippen molar-refractivity contribution in [1.29, 1.82) is 0 Å². The molecule has 2 unspecified atom stereocenters.